The fourth-order valence-corrected chi connectivity index (χ4v) is 3.85. The minimum atomic E-state index is 0.0503. The van der Waals surface area contributed by atoms with Crippen LogP contribution in [0.15, 0.2) is 24.3 Å². The van der Waals surface area contributed by atoms with Gasteiger partial charge in [-0.25, -0.2) is 0 Å². The average Bonchev–Trinajstić information content (AvgIpc) is 2.90. The molecule has 0 aromatic heterocycles. The molecule has 0 N–H and O–H groups in total. The Hall–Kier alpha value is -1.84. The van der Waals surface area contributed by atoms with Crippen LogP contribution in [0.3, 0.4) is 0 Å². The first-order valence-electron chi connectivity index (χ1n) is 8.80. The summed E-state index contributed by atoms with van der Waals surface area (Å²) in [5.74, 6) is 0.526. The number of para-hydroxylation sites is 1. The second-order valence-corrected chi connectivity index (χ2v) is 6.80. The molecule has 2 amide bonds. The van der Waals surface area contributed by atoms with E-state index >= 15 is 0 Å². The van der Waals surface area contributed by atoms with Crippen molar-refractivity contribution < 1.29 is 9.59 Å². The highest BCUT2D eigenvalue weighted by Gasteiger charge is 2.36. The Morgan fingerprint density at radius 2 is 1.87 bits per heavy atom. The molecule has 2 heterocycles. The number of nitrogens with zero attached hydrogens (tertiary/aromatic N) is 2. The molecule has 0 saturated carbocycles. The van der Waals surface area contributed by atoms with Gasteiger partial charge in [-0.3, -0.25) is 9.59 Å². The number of hydrogen-bond donors (Lipinski definition) is 0. The van der Waals surface area contributed by atoms with Crippen molar-refractivity contribution in [2.75, 3.05) is 18.0 Å². The molecular formula is C19H26N2O2. The van der Waals surface area contributed by atoms with Crippen LogP contribution >= 0.6 is 0 Å². The van der Waals surface area contributed by atoms with Crippen LogP contribution in [0.2, 0.25) is 0 Å². The number of hydrogen-bond acceptors (Lipinski definition) is 2. The number of rotatable bonds is 3. The van der Waals surface area contributed by atoms with E-state index in [2.05, 4.69) is 19.1 Å². The molecule has 0 radical (unpaired) electrons. The normalized spacial score (nSPS) is 21.4. The molecule has 23 heavy (non-hydrogen) atoms. The molecular weight excluding hydrogens is 288 g/mol. The van der Waals surface area contributed by atoms with E-state index in [0.29, 0.717) is 6.42 Å². The third-order valence-corrected chi connectivity index (χ3v) is 5.11. The Morgan fingerprint density at radius 3 is 2.57 bits per heavy atom. The maximum absolute atomic E-state index is 13.0. The zero-order chi connectivity index (χ0) is 16.4. The number of anilines is 1. The van der Waals surface area contributed by atoms with Crippen LogP contribution in [0.4, 0.5) is 5.69 Å². The lowest BCUT2D eigenvalue weighted by molar-refractivity contribution is -0.135. The number of piperidine rings is 1. The standard InChI is InChI=1S/C19H26N2O2/c1-3-6-18(22)20-11-9-15(10-12-20)19(23)21-14(2)13-16-7-4-5-8-17(16)21/h4-5,7-8,14-15H,3,6,9-13H2,1-2H3/t14-/m0/s1. The summed E-state index contributed by atoms with van der Waals surface area (Å²) < 4.78 is 0. The molecule has 0 aliphatic carbocycles. The predicted molar refractivity (Wildman–Crippen MR) is 91.3 cm³/mol. The minimum Gasteiger partial charge on any atom is -0.343 e. The molecule has 4 heteroatoms. The number of carbonyl (C=O) groups is 2. The van der Waals surface area contributed by atoms with Crippen molar-refractivity contribution in [3.05, 3.63) is 29.8 Å². The van der Waals surface area contributed by atoms with E-state index in [4.69, 9.17) is 0 Å². The van der Waals surface area contributed by atoms with Gasteiger partial charge in [0.2, 0.25) is 11.8 Å². The van der Waals surface area contributed by atoms with E-state index in [1.807, 2.05) is 28.9 Å². The van der Waals surface area contributed by atoms with Gasteiger partial charge in [-0.1, -0.05) is 25.1 Å². The first kappa shape index (κ1) is 16.0. The lowest BCUT2D eigenvalue weighted by Crippen LogP contribution is -2.46. The summed E-state index contributed by atoms with van der Waals surface area (Å²) in [5.41, 5.74) is 2.35. The van der Waals surface area contributed by atoms with Crippen LogP contribution in [0.5, 0.6) is 0 Å². The number of amides is 2. The fourth-order valence-electron chi connectivity index (χ4n) is 3.85. The second kappa shape index (κ2) is 6.73. The highest BCUT2D eigenvalue weighted by atomic mass is 16.2. The summed E-state index contributed by atoms with van der Waals surface area (Å²) in [5, 5.41) is 0. The van der Waals surface area contributed by atoms with Crippen molar-refractivity contribution in [1.29, 1.82) is 0 Å². The van der Waals surface area contributed by atoms with Crippen LogP contribution in [-0.2, 0) is 16.0 Å². The predicted octanol–water partition coefficient (Wildman–Crippen LogP) is 3.00. The molecule has 2 aliphatic heterocycles. The van der Waals surface area contributed by atoms with Gasteiger partial charge in [0.05, 0.1) is 0 Å². The van der Waals surface area contributed by atoms with Gasteiger partial charge in [-0.05, 0) is 44.2 Å². The zero-order valence-electron chi connectivity index (χ0n) is 14.1. The van der Waals surface area contributed by atoms with Crippen LogP contribution in [-0.4, -0.2) is 35.8 Å². The quantitative estimate of drug-likeness (QED) is 0.860. The number of likely N-dealkylation sites (tertiary alicyclic amines) is 1. The lowest BCUT2D eigenvalue weighted by Gasteiger charge is -2.34. The third kappa shape index (κ3) is 3.12. The lowest BCUT2D eigenvalue weighted by atomic mass is 9.94. The summed E-state index contributed by atoms with van der Waals surface area (Å²) >= 11 is 0. The highest BCUT2D eigenvalue weighted by Crippen LogP contribution is 2.34. The number of fused-ring (bicyclic) bond motifs is 1. The van der Waals surface area contributed by atoms with E-state index in [1.54, 1.807) is 0 Å². The van der Waals surface area contributed by atoms with Crippen LogP contribution in [0, 0.1) is 5.92 Å². The Morgan fingerprint density at radius 1 is 1.17 bits per heavy atom. The van der Waals surface area contributed by atoms with Crippen molar-refractivity contribution in [3.8, 4) is 0 Å². The molecule has 124 valence electrons. The maximum Gasteiger partial charge on any atom is 0.230 e. The molecule has 1 aromatic carbocycles. The maximum atomic E-state index is 13.0. The summed E-state index contributed by atoms with van der Waals surface area (Å²) in [7, 11) is 0. The van der Waals surface area contributed by atoms with E-state index < -0.39 is 0 Å². The Labute approximate surface area is 138 Å². The van der Waals surface area contributed by atoms with Gasteiger partial charge < -0.3 is 9.80 Å². The van der Waals surface area contributed by atoms with Gasteiger partial charge in [-0.15, -0.1) is 0 Å². The first-order chi connectivity index (χ1) is 11.1. The smallest absolute Gasteiger partial charge is 0.230 e. The van der Waals surface area contributed by atoms with Crippen molar-refractivity contribution in [3.63, 3.8) is 0 Å². The average molecular weight is 314 g/mol. The van der Waals surface area contributed by atoms with Crippen molar-refractivity contribution >= 4 is 17.5 Å². The fraction of sp³-hybridized carbons (Fsp3) is 0.579. The highest BCUT2D eigenvalue weighted by molar-refractivity contribution is 5.97. The van der Waals surface area contributed by atoms with E-state index in [0.717, 1.165) is 44.5 Å². The Bertz CT molecular complexity index is 591. The summed E-state index contributed by atoms with van der Waals surface area (Å²) in [6.45, 7) is 5.59. The topological polar surface area (TPSA) is 40.6 Å². The SMILES string of the molecule is CCCC(=O)N1CCC(C(=O)N2c3ccccc3C[C@@H]2C)CC1. The van der Waals surface area contributed by atoms with E-state index in [-0.39, 0.29) is 23.8 Å². The summed E-state index contributed by atoms with van der Waals surface area (Å²) in [6.07, 6.45) is 4.03. The molecule has 1 fully saturated rings. The molecule has 0 unspecified atom stereocenters. The minimum absolute atomic E-state index is 0.0503. The Balaban J connectivity index is 1.65. The summed E-state index contributed by atoms with van der Waals surface area (Å²) in [4.78, 5) is 28.9. The van der Waals surface area contributed by atoms with Gasteiger partial charge in [0.15, 0.2) is 0 Å². The molecule has 0 spiro atoms. The summed E-state index contributed by atoms with van der Waals surface area (Å²) in [6, 6.07) is 8.45. The molecule has 1 aromatic rings. The molecule has 4 nitrogen and oxygen atoms in total. The first-order valence-corrected chi connectivity index (χ1v) is 8.80. The number of carbonyl (C=O) groups excluding carboxylic acids is 2. The molecule has 1 atom stereocenters. The molecule has 2 aliphatic rings. The van der Waals surface area contributed by atoms with Crippen LogP contribution in [0.1, 0.15) is 45.1 Å². The zero-order valence-corrected chi connectivity index (χ0v) is 14.1. The van der Waals surface area contributed by atoms with E-state index in [1.165, 1.54) is 5.56 Å². The van der Waals surface area contributed by atoms with Crippen molar-refractivity contribution in [1.82, 2.24) is 4.90 Å². The van der Waals surface area contributed by atoms with Crippen LogP contribution in [0.25, 0.3) is 0 Å². The van der Waals surface area contributed by atoms with Gasteiger partial charge in [0, 0.05) is 37.2 Å². The van der Waals surface area contributed by atoms with Gasteiger partial charge in [-0.2, -0.15) is 0 Å². The second-order valence-electron chi connectivity index (χ2n) is 6.80. The molecule has 3 rings (SSSR count). The van der Waals surface area contributed by atoms with Crippen molar-refractivity contribution in [2.24, 2.45) is 5.92 Å². The Kier molecular flexibility index (Phi) is 4.69. The third-order valence-electron chi connectivity index (χ3n) is 5.11. The van der Waals surface area contributed by atoms with Gasteiger partial charge in [0.1, 0.15) is 0 Å². The monoisotopic (exact) mass is 314 g/mol. The van der Waals surface area contributed by atoms with Gasteiger partial charge in [0.25, 0.3) is 0 Å². The van der Waals surface area contributed by atoms with Crippen LogP contribution < -0.4 is 4.90 Å². The molecule has 0 bridgehead atoms. The van der Waals surface area contributed by atoms with Crippen molar-refractivity contribution in [2.45, 2.75) is 52.0 Å². The number of benzene rings is 1. The van der Waals surface area contributed by atoms with Gasteiger partial charge >= 0.3 is 0 Å². The van der Waals surface area contributed by atoms with E-state index in [9.17, 15) is 9.59 Å². The largest absolute Gasteiger partial charge is 0.343 e. The molecule has 1 saturated heterocycles.